The average Bonchev–Trinajstić information content (AvgIpc) is 2.57. The first kappa shape index (κ1) is 11.2. The van der Waals surface area contributed by atoms with Crippen LogP contribution in [0.4, 0.5) is 0 Å². The molecule has 0 atom stereocenters. The molecule has 2 N–H and O–H groups in total. The number of nitrogens with zero attached hydrogens (tertiary/aromatic N) is 4. The molecule has 0 aliphatic carbocycles. The summed E-state index contributed by atoms with van der Waals surface area (Å²) in [5, 5.41) is 4.29. The summed E-state index contributed by atoms with van der Waals surface area (Å²) in [4.78, 5) is 8.57. The predicted octanol–water partition coefficient (Wildman–Crippen LogP) is 1.50. The van der Waals surface area contributed by atoms with Gasteiger partial charge in [-0.3, -0.25) is 0 Å². The minimum Gasteiger partial charge on any atom is -0.326 e. The van der Waals surface area contributed by atoms with Crippen molar-refractivity contribution in [3.05, 3.63) is 33.9 Å². The Kier molecular flexibility index (Phi) is 3.02. The summed E-state index contributed by atoms with van der Waals surface area (Å²) in [6.45, 7) is 4.16. The maximum Gasteiger partial charge on any atom is 0.160 e. The van der Waals surface area contributed by atoms with Gasteiger partial charge >= 0.3 is 0 Å². The largest absolute Gasteiger partial charge is 0.326 e. The molecule has 0 aromatic carbocycles. The van der Waals surface area contributed by atoms with Gasteiger partial charge in [0.15, 0.2) is 5.82 Å². The van der Waals surface area contributed by atoms with E-state index in [1.807, 2.05) is 19.9 Å². The van der Waals surface area contributed by atoms with E-state index in [2.05, 4.69) is 31.0 Å². The van der Waals surface area contributed by atoms with Gasteiger partial charge in [0.2, 0.25) is 0 Å². The second kappa shape index (κ2) is 4.31. The van der Waals surface area contributed by atoms with Crippen LogP contribution in [0, 0.1) is 13.8 Å². The van der Waals surface area contributed by atoms with Crippen molar-refractivity contribution in [2.24, 2.45) is 5.73 Å². The molecule has 0 fully saturated rings. The number of aromatic nitrogens is 4. The number of halogens is 1. The first-order valence-electron chi connectivity index (χ1n) is 4.87. The number of pyridine rings is 1. The van der Waals surface area contributed by atoms with E-state index in [1.54, 1.807) is 10.9 Å². The van der Waals surface area contributed by atoms with Gasteiger partial charge in [-0.25, -0.2) is 9.97 Å². The van der Waals surface area contributed by atoms with Crippen molar-refractivity contribution in [1.29, 1.82) is 0 Å². The highest BCUT2D eigenvalue weighted by atomic mass is 79.9. The normalized spacial score (nSPS) is 10.8. The van der Waals surface area contributed by atoms with Gasteiger partial charge in [0.1, 0.15) is 11.6 Å². The van der Waals surface area contributed by atoms with Gasteiger partial charge in [0.05, 0.1) is 0 Å². The van der Waals surface area contributed by atoms with E-state index in [0.717, 1.165) is 27.5 Å². The van der Waals surface area contributed by atoms with Crippen LogP contribution < -0.4 is 5.73 Å². The molecule has 0 bridgehead atoms. The van der Waals surface area contributed by atoms with Crippen LogP contribution in [0.2, 0.25) is 0 Å². The second-order valence-corrected chi connectivity index (χ2v) is 4.37. The molecule has 84 valence electrons. The number of nitrogens with two attached hydrogens (primary N) is 1. The van der Waals surface area contributed by atoms with Crippen LogP contribution in [0.5, 0.6) is 0 Å². The van der Waals surface area contributed by atoms with E-state index >= 15 is 0 Å². The second-order valence-electron chi connectivity index (χ2n) is 3.46. The van der Waals surface area contributed by atoms with Crippen molar-refractivity contribution in [3.8, 4) is 5.82 Å². The summed E-state index contributed by atoms with van der Waals surface area (Å²) < 4.78 is 2.62. The Balaban J connectivity index is 2.59. The minimum absolute atomic E-state index is 0.417. The SMILES string of the molecule is Cc1nc(C)n(-c2ncc(Br)cc2CN)n1. The van der Waals surface area contributed by atoms with Crippen LogP contribution >= 0.6 is 15.9 Å². The molecule has 16 heavy (non-hydrogen) atoms. The number of aryl methyl sites for hydroxylation is 2. The molecule has 2 aromatic rings. The Morgan fingerprint density at radius 1 is 1.44 bits per heavy atom. The van der Waals surface area contributed by atoms with Crippen LogP contribution in [0.15, 0.2) is 16.7 Å². The van der Waals surface area contributed by atoms with Crippen molar-refractivity contribution in [3.63, 3.8) is 0 Å². The molecule has 0 amide bonds. The Bertz CT molecular complexity index is 520. The summed E-state index contributed by atoms with van der Waals surface area (Å²) in [7, 11) is 0. The molecule has 0 spiro atoms. The Hall–Kier alpha value is -1.27. The topological polar surface area (TPSA) is 69.6 Å². The highest BCUT2D eigenvalue weighted by Crippen LogP contribution is 2.17. The highest BCUT2D eigenvalue weighted by Gasteiger charge is 2.10. The van der Waals surface area contributed by atoms with Gasteiger partial charge in [-0.2, -0.15) is 4.68 Å². The summed E-state index contributed by atoms with van der Waals surface area (Å²) >= 11 is 3.37. The maximum atomic E-state index is 5.69. The third-order valence-corrected chi connectivity index (χ3v) is 2.64. The molecule has 0 radical (unpaired) electrons. The molecule has 0 aliphatic heterocycles. The molecule has 2 heterocycles. The minimum atomic E-state index is 0.417. The first-order chi connectivity index (χ1) is 7.61. The lowest BCUT2D eigenvalue weighted by molar-refractivity contribution is 0.785. The fourth-order valence-electron chi connectivity index (χ4n) is 1.54. The van der Waals surface area contributed by atoms with E-state index in [4.69, 9.17) is 5.73 Å². The van der Waals surface area contributed by atoms with Gasteiger partial charge in [0, 0.05) is 22.8 Å². The molecule has 2 rings (SSSR count). The molecule has 2 aromatic heterocycles. The van der Waals surface area contributed by atoms with E-state index in [0.29, 0.717) is 6.54 Å². The fourth-order valence-corrected chi connectivity index (χ4v) is 1.92. The lowest BCUT2D eigenvalue weighted by Crippen LogP contribution is -2.09. The van der Waals surface area contributed by atoms with E-state index in [1.165, 1.54) is 0 Å². The molecule has 0 aliphatic rings. The third-order valence-electron chi connectivity index (χ3n) is 2.20. The first-order valence-corrected chi connectivity index (χ1v) is 5.66. The van der Waals surface area contributed by atoms with Crippen molar-refractivity contribution < 1.29 is 0 Å². The molecule has 0 unspecified atom stereocenters. The van der Waals surface area contributed by atoms with E-state index in [-0.39, 0.29) is 0 Å². The Labute approximate surface area is 102 Å². The Morgan fingerprint density at radius 2 is 2.19 bits per heavy atom. The van der Waals surface area contributed by atoms with Gasteiger partial charge in [-0.1, -0.05) is 0 Å². The molecular formula is C10H12BrN5. The zero-order valence-electron chi connectivity index (χ0n) is 9.11. The summed E-state index contributed by atoms with van der Waals surface area (Å²) in [6, 6.07) is 1.94. The van der Waals surface area contributed by atoms with Crippen LogP contribution in [-0.4, -0.2) is 19.7 Å². The van der Waals surface area contributed by atoms with Crippen LogP contribution in [0.25, 0.3) is 5.82 Å². The smallest absolute Gasteiger partial charge is 0.160 e. The Morgan fingerprint density at radius 3 is 2.75 bits per heavy atom. The van der Waals surface area contributed by atoms with Crippen LogP contribution in [-0.2, 0) is 6.54 Å². The van der Waals surface area contributed by atoms with E-state index in [9.17, 15) is 0 Å². The predicted molar refractivity (Wildman–Crippen MR) is 64.2 cm³/mol. The molecule has 0 saturated heterocycles. The standard InChI is InChI=1S/C10H12BrN5/c1-6-14-7(2)16(15-6)10-8(4-12)3-9(11)5-13-10/h3,5H,4,12H2,1-2H3. The summed E-state index contributed by atoms with van der Waals surface area (Å²) in [5.41, 5.74) is 6.62. The van der Waals surface area contributed by atoms with E-state index < -0.39 is 0 Å². The molecule has 6 heteroatoms. The zero-order chi connectivity index (χ0) is 11.7. The fraction of sp³-hybridized carbons (Fsp3) is 0.300. The lowest BCUT2D eigenvalue weighted by atomic mass is 10.2. The van der Waals surface area contributed by atoms with Crippen molar-refractivity contribution in [2.45, 2.75) is 20.4 Å². The number of hydrogen-bond acceptors (Lipinski definition) is 4. The lowest BCUT2D eigenvalue weighted by Gasteiger charge is -2.07. The van der Waals surface area contributed by atoms with Crippen LogP contribution in [0.1, 0.15) is 17.2 Å². The van der Waals surface area contributed by atoms with Gasteiger partial charge in [-0.15, -0.1) is 5.10 Å². The van der Waals surface area contributed by atoms with Crippen molar-refractivity contribution >= 4 is 15.9 Å². The van der Waals surface area contributed by atoms with Crippen molar-refractivity contribution in [1.82, 2.24) is 19.7 Å². The van der Waals surface area contributed by atoms with Gasteiger partial charge in [0.25, 0.3) is 0 Å². The van der Waals surface area contributed by atoms with Gasteiger partial charge < -0.3 is 5.73 Å². The maximum absolute atomic E-state index is 5.69. The third kappa shape index (κ3) is 1.98. The quantitative estimate of drug-likeness (QED) is 0.906. The zero-order valence-corrected chi connectivity index (χ0v) is 10.7. The van der Waals surface area contributed by atoms with Crippen molar-refractivity contribution in [2.75, 3.05) is 0 Å². The number of rotatable bonds is 2. The highest BCUT2D eigenvalue weighted by molar-refractivity contribution is 9.10. The van der Waals surface area contributed by atoms with Gasteiger partial charge in [-0.05, 0) is 35.8 Å². The molecule has 5 nitrogen and oxygen atoms in total. The molecule has 0 saturated carbocycles. The number of hydrogen-bond donors (Lipinski definition) is 1. The summed E-state index contributed by atoms with van der Waals surface area (Å²) in [5.74, 6) is 2.27. The monoisotopic (exact) mass is 281 g/mol. The summed E-state index contributed by atoms with van der Waals surface area (Å²) in [6.07, 6.45) is 1.73. The average molecular weight is 282 g/mol. The molecular weight excluding hydrogens is 270 g/mol. The van der Waals surface area contributed by atoms with Crippen LogP contribution in [0.3, 0.4) is 0 Å².